The normalized spacial score (nSPS) is 12.0. The first kappa shape index (κ1) is 19.8. The van der Waals surface area contributed by atoms with Crippen LogP contribution >= 0.6 is 0 Å². The minimum absolute atomic E-state index is 0.312. The molecule has 5 nitrogen and oxygen atoms in total. The summed E-state index contributed by atoms with van der Waals surface area (Å²) < 4.78 is 11.3. The molecule has 0 aliphatic carbocycles. The van der Waals surface area contributed by atoms with Gasteiger partial charge >= 0.3 is 5.97 Å². The highest BCUT2D eigenvalue weighted by molar-refractivity contribution is 5.73. The van der Waals surface area contributed by atoms with Crippen molar-refractivity contribution in [2.75, 3.05) is 7.11 Å². The zero-order valence-electron chi connectivity index (χ0n) is 15.6. The molecule has 0 saturated heterocycles. The average molecular weight is 357 g/mol. The molecule has 0 bridgehead atoms. The zero-order chi connectivity index (χ0) is 18.9. The van der Waals surface area contributed by atoms with Crippen molar-refractivity contribution >= 4 is 5.97 Å². The number of rotatable bonds is 10. The molecule has 1 unspecified atom stereocenters. The standard InChI is InChI=1S/C21H27NO4/c1-15(2)11-18(21(23)24)22-13-17-9-10-19(20(12-17)25-3)26-14-16-7-5-4-6-8-16/h4-10,12,15,18,22H,11,13-14H2,1-3H3,(H,23,24). The highest BCUT2D eigenvalue weighted by atomic mass is 16.5. The molecule has 0 aliphatic heterocycles. The Balaban J connectivity index is 1.99. The molecule has 2 rings (SSSR count). The summed E-state index contributed by atoms with van der Waals surface area (Å²) in [6.07, 6.45) is 0.588. The molecule has 5 heteroatoms. The van der Waals surface area contributed by atoms with Gasteiger partial charge in [0.1, 0.15) is 12.6 Å². The predicted molar refractivity (Wildman–Crippen MR) is 101 cm³/mol. The Hall–Kier alpha value is -2.53. The number of methoxy groups -OCH3 is 1. The maximum absolute atomic E-state index is 11.3. The number of benzene rings is 2. The van der Waals surface area contributed by atoms with E-state index in [0.29, 0.717) is 37.0 Å². The first-order valence-corrected chi connectivity index (χ1v) is 8.79. The van der Waals surface area contributed by atoms with Crippen LogP contribution in [0.25, 0.3) is 0 Å². The molecule has 0 aliphatic rings. The Labute approximate surface area is 155 Å². The molecular weight excluding hydrogens is 330 g/mol. The maximum Gasteiger partial charge on any atom is 0.320 e. The smallest absolute Gasteiger partial charge is 0.320 e. The van der Waals surface area contributed by atoms with Crippen molar-refractivity contribution < 1.29 is 19.4 Å². The van der Waals surface area contributed by atoms with Crippen LogP contribution in [0, 0.1) is 5.92 Å². The Bertz CT molecular complexity index is 700. The third-order valence-corrected chi connectivity index (χ3v) is 4.02. The third kappa shape index (κ3) is 6.08. The second-order valence-electron chi connectivity index (χ2n) is 6.66. The number of carboxylic acid groups (broad SMARTS) is 1. The summed E-state index contributed by atoms with van der Waals surface area (Å²) in [7, 11) is 1.60. The second-order valence-corrected chi connectivity index (χ2v) is 6.66. The first-order chi connectivity index (χ1) is 12.5. The molecular formula is C21H27NO4. The van der Waals surface area contributed by atoms with Crippen LogP contribution in [0.5, 0.6) is 11.5 Å². The number of carbonyl (C=O) groups is 1. The summed E-state index contributed by atoms with van der Waals surface area (Å²) in [4.78, 5) is 11.3. The molecule has 0 radical (unpaired) electrons. The van der Waals surface area contributed by atoms with E-state index in [1.807, 2.05) is 62.4 Å². The predicted octanol–water partition coefficient (Wildman–Crippen LogP) is 3.86. The van der Waals surface area contributed by atoms with Crippen molar-refractivity contribution in [3.05, 3.63) is 59.7 Å². The second kappa shape index (κ2) is 9.82. The molecule has 0 saturated carbocycles. The van der Waals surface area contributed by atoms with Gasteiger partial charge in [-0.1, -0.05) is 50.2 Å². The van der Waals surface area contributed by atoms with Crippen LogP contribution in [0.1, 0.15) is 31.4 Å². The molecule has 2 aromatic rings. The summed E-state index contributed by atoms with van der Waals surface area (Å²) in [5, 5.41) is 12.4. The molecule has 0 spiro atoms. The fraction of sp³-hybridized carbons (Fsp3) is 0.381. The lowest BCUT2D eigenvalue weighted by Gasteiger charge is -2.17. The van der Waals surface area contributed by atoms with Gasteiger partial charge in [0.15, 0.2) is 11.5 Å². The molecule has 26 heavy (non-hydrogen) atoms. The van der Waals surface area contributed by atoms with Crippen LogP contribution in [0.4, 0.5) is 0 Å². The van der Waals surface area contributed by atoms with Crippen LogP contribution < -0.4 is 14.8 Å². The van der Waals surface area contributed by atoms with E-state index < -0.39 is 12.0 Å². The minimum atomic E-state index is -0.825. The molecule has 0 aromatic heterocycles. The highest BCUT2D eigenvalue weighted by Gasteiger charge is 2.18. The van der Waals surface area contributed by atoms with E-state index in [9.17, 15) is 9.90 Å². The average Bonchev–Trinajstić information content (AvgIpc) is 2.64. The Morgan fingerprint density at radius 3 is 2.42 bits per heavy atom. The van der Waals surface area contributed by atoms with Gasteiger partial charge in [0.2, 0.25) is 0 Å². The van der Waals surface area contributed by atoms with Crippen LogP contribution in [-0.2, 0) is 17.9 Å². The van der Waals surface area contributed by atoms with Gasteiger partial charge in [-0.25, -0.2) is 0 Å². The van der Waals surface area contributed by atoms with Crippen molar-refractivity contribution in [1.29, 1.82) is 0 Å². The number of hydrogen-bond donors (Lipinski definition) is 2. The van der Waals surface area contributed by atoms with E-state index in [0.717, 1.165) is 11.1 Å². The van der Waals surface area contributed by atoms with Crippen molar-refractivity contribution in [3.8, 4) is 11.5 Å². The summed E-state index contributed by atoms with van der Waals surface area (Å²) in [5.74, 6) is 0.786. The van der Waals surface area contributed by atoms with E-state index in [2.05, 4.69) is 5.32 Å². The van der Waals surface area contributed by atoms with Gasteiger partial charge in [0.25, 0.3) is 0 Å². The quantitative estimate of drug-likeness (QED) is 0.676. The first-order valence-electron chi connectivity index (χ1n) is 8.79. The lowest BCUT2D eigenvalue weighted by Crippen LogP contribution is -2.37. The minimum Gasteiger partial charge on any atom is -0.493 e. The van der Waals surface area contributed by atoms with E-state index in [4.69, 9.17) is 9.47 Å². The summed E-state index contributed by atoms with van der Waals surface area (Å²) in [5.41, 5.74) is 2.03. The van der Waals surface area contributed by atoms with Crippen molar-refractivity contribution in [2.45, 2.75) is 39.5 Å². The van der Waals surface area contributed by atoms with Gasteiger partial charge in [-0.2, -0.15) is 0 Å². The number of carboxylic acids is 1. The summed E-state index contributed by atoms with van der Waals surface area (Å²) in [6.45, 7) is 4.95. The fourth-order valence-electron chi connectivity index (χ4n) is 2.66. The van der Waals surface area contributed by atoms with Gasteiger partial charge < -0.3 is 19.9 Å². The highest BCUT2D eigenvalue weighted by Crippen LogP contribution is 2.29. The Morgan fingerprint density at radius 1 is 1.08 bits per heavy atom. The van der Waals surface area contributed by atoms with Crippen molar-refractivity contribution in [3.63, 3.8) is 0 Å². The topological polar surface area (TPSA) is 67.8 Å². The SMILES string of the molecule is COc1cc(CNC(CC(C)C)C(=O)O)ccc1OCc1ccccc1. The molecule has 2 N–H and O–H groups in total. The van der Waals surface area contributed by atoms with Gasteiger partial charge in [-0.05, 0) is 35.6 Å². The van der Waals surface area contributed by atoms with E-state index in [1.165, 1.54) is 0 Å². The monoisotopic (exact) mass is 357 g/mol. The Morgan fingerprint density at radius 2 is 1.81 bits per heavy atom. The van der Waals surface area contributed by atoms with Gasteiger partial charge in [0, 0.05) is 6.54 Å². The van der Waals surface area contributed by atoms with Gasteiger partial charge in [-0.15, -0.1) is 0 Å². The van der Waals surface area contributed by atoms with Crippen LogP contribution in [0.15, 0.2) is 48.5 Å². The molecule has 1 atom stereocenters. The zero-order valence-corrected chi connectivity index (χ0v) is 15.6. The summed E-state index contributed by atoms with van der Waals surface area (Å²) in [6, 6.07) is 15.0. The largest absolute Gasteiger partial charge is 0.493 e. The molecule has 2 aromatic carbocycles. The van der Waals surface area contributed by atoms with Crippen LogP contribution in [0.3, 0.4) is 0 Å². The lowest BCUT2D eigenvalue weighted by atomic mass is 10.0. The fourth-order valence-corrected chi connectivity index (χ4v) is 2.66. The molecule has 0 heterocycles. The number of aliphatic carboxylic acids is 1. The third-order valence-electron chi connectivity index (χ3n) is 4.02. The van der Waals surface area contributed by atoms with E-state index >= 15 is 0 Å². The molecule has 140 valence electrons. The maximum atomic E-state index is 11.3. The van der Waals surface area contributed by atoms with Crippen molar-refractivity contribution in [1.82, 2.24) is 5.32 Å². The summed E-state index contributed by atoms with van der Waals surface area (Å²) >= 11 is 0. The Kier molecular flexibility index (Phi) is 7.48. The van der Waals surface area contributed by atoms with Crippen LogP contribution in [0.2, 0.25) is 0 Å². The number of nitrogens with one attached hydrogen (secondary N) is 1. The number of ether oxygens (including phenoxy) is 2. The van der Waals surface area contributed by atoms with E-state index in [-0.39, 0.29) is 0 Å². The van der Waals surface area contributed by atoms with Crippen molar-refractivity contribution in [2.24, 2.45) is 5.92 Å². The molecule has 0 amide bonds. The molecule has 0 fully saturated rings. The van der Waals surface area contributed by atoms with E-state index in [1.54, 1.807) is 7.11 Å². The van der Waals surface area contributed by atoms with Crippen LogP contribution in [-0.4, -0.2) is 24.2 Å². The van der Waals surface area contributed by atoms with Gasteiger partial charge in [-0.3, -0.25) is 4.79 Å². The van der Waals surface area contributed by atoms with Gasteiger partial charge in [0.05, 0.1) is 7.11 Å². The number of hydrogen-bond acceptors (Lipinski definition) is 4. The lowest BCUT2D eigenvalue weighted by molar-refractivity contribution is -0.140.